The van der Waals surface area contributed by atoms with Crippen molar-refractivity contribution in [1.29, 1.82) is 0 Å². The molecule has 2 N–H and O–H groups in total. The van der Waals surface area contributed by atoms with Crippen LogP contribution in [0.15, 0.2) is 24.3 Å². The number of hydrogen-bond acceptors (Lipinski definition) is 1. The van der Waals surface area contributed by atoms with Crippen molar-refractivity contribution in [2.45, 2.75) is 6.92 Å². The van der Waals surface area contributed by atoms with Gasteiger partial charge in [0.2, 0.25) is 0 Å². The Labute approximate surface area is 125 Å². The molecule has 18 heavy (non-hydrogen) atoms. The molecule has 2 aromatic rings. The molecule has 0 aliphatic carbocycles. The van der Waals surface area contributed by atoms with Crippen molar-refractivity contribution in [3.63, 3.8) is 0 Å². The molecule has 2 aromatic carbocycles. The van der Waals surface area contributed by atoms with Gasteiger partial charge >= 0.3 is 0 Å². The average molecular weight is 321 g/mol. The van der Waals surface area contributed by atoms with Crippen LogP contribution in [0, 0.1) is 6.92 Å². The van der Waals surface area contributed by atoms with Crippen LogP contribution in [-0.4, -0.2) is 0 Å². The van der Waals surface area contributed by atoms with Crippen LogP contribution in [0.3, 0.4) is 0 Å². The van der Waals surface area contributed by atoms with Crippen molar-refractivity contribution in [3.05, 3.63) is 49.9 Å². The van der Waals surface area contributed by atoms with Crippen LogP contribution in [0.2, 0.25) is 20.1 Å². The van der Waals surface area contributed by atoms with Crippen molar-refractivity contribution < 1.29 is 0 Å². The summed E-state index contributed by atoms with van der Waals surface area (Å²) in [5.74, 6) is 0. The highest BCUT2D eigenvalue weighted by atomic mass is 35.5. The molecule has 0 amide bonds. The van der Waals surface area contributed by atoms with Crippen LogP contribution in [-0.2, 0) is 0 Å². The molecule has 0 aromatic heterocycles. The first-order valence-corrected chi connectivity index (χ1v) is 6.62. The van der Waals surface area contributed by atoms with E-state index < -0.39 is 0 Å². The van der Waals surface area contributed by atoms with E-state index in [-0.39, 0.29) is 5.02 Å². The van der Waals surface area contributed by atoms with E-state index in [1.807, 2.05) is 25.1 Å². The predicted octanol–water partition coefficient (Wildman–Crippen LogP) is 5.86. The second-order valence-electron chi connectivity index (χ2n) is 3.91. The van der Waals surface area contributed by atoms with Gasteiger partial charge in [0, 0.05) is 11.3 Å². The Morgan fingerprint density at radius 1 is 0.889 bits per heavy atom. The smallest absolute Gasteiger partial charge is 0.0785 e. The lowest BCUT2D eigenvalue weighted by molar-refractivity contribution is 1.47. The number of nitrogens with two attached hydrogens (primary N) is 1. The fraction of sp³-hybridized carbons (Fsp3) is 0.0769. The first-order valence-electron chi connectivity index (χ1n) is 5.11. The molecule has 5 heteroatoms. The second kappa shape index (κ2) is 5.18. The molecule has 0 fully saturated rings. The Morgan fingerprint density at radius 3 is 2.17 bits per heavy atom. The molecule has 0 saturated carbocycles. The number of benzene rings is 2. The molecule has 0 aliphatic rings. The number of rotatable bonds is 1. The van der Waals surface area contributed by atoms with Gasteiger partial charge in [0.25, 0.3) is 0 Å². The van der Waals surface area contributed by atoms with E-state index in [0.29, 0.717) is 26.3 Å². The second-order valence-corrected chi connectivity index (χ2v) is 5.48. The van der Waals surface area contributed by atoms with Crippen molar-refractivity contribution in [2.75, 3.05) is 5.73 Å². The van der Waals surface area contributed by atoms with E-state index in [9.17, 15) is 0 Å². The maximum Gasteiger partial charge on any atom is 0.0785 e. The Morgan fingerprint density at radius 2 is 1.56 bits per heavy atom. The summed E-state index contributed by atoms with van der Waals surface area (Å²) >= 11 is 24.3. The summed E-state index contributed by atoms with van der Waals surface area (Å²) in [6.07, 6.45) is 0. The number of anilines is 1. The molecule has 0 spiro atoms. The lowest BCUT2D eigenvalue weighted by Gasteiger charge is -2.11. The molecular formula is C13H9Cl4N. The predicted molar refractivity (Wildman–Crippen MR) is 81.1 cm³/mol. The molecule has 0 radical (unpaired) electrons. The topological polar surface area (TPSA) is 26.0 Å². The van der Waals surface area contributed by atoms with Gasteiger partial charge in [-0.25, -0.2) is 0 Å². The molecule has 0 bridgehead atoms. The fourth-order valence-electron chi connectivity index (χ4n) is 1.63. The van der Waals surface area contributed by atoms with Gasteiger partial charge in [-0.3, -0.25) is 0 Å². The van der Waals surface area contributed by atoms with Gasteiger partial charge in [-0.1, -0.05) is 58.5 Å². The van der Waals surface area contributed by atoms with E-state index in [0.717, 1.165) is 11.1 Å². The van der Waals surface area contributed by atoms with E-state index in [1.165, 1.54) is 0 Å². The summed E-state index contributed by atoms with van der Waals surface area (Å²) in [6.45, 7) is 1.93. The maximum atomic E-state index is 6.19. The van der Waals surface area contributed by atoms with Gasteiger partial charge in [-0.05, 0) is 30.2 Å². The highest BCUT2D eigenvalue weighted by Crippen LogP contribution is 2.43. The van der Waals surface area contributed by atoms with Crippen LogP contribution in [0.25, 0.3) is 11.1 Å². The van der Waals surface area contributed by atoms with E-state index >= 15 is 0 Å². The van der Waals surface area contributed by atoms with E-state index in [4.69, 9.17) is 52.1 Å². The summed E-state index contributed by atoms with van der Waals surface area (Å²) in [6, 6.07) is 7.18. The van der Waals surface area contributed by atoms with Crippen LogP contribution in [0.4, 0.5) is 5.69 Å². The zero-order chi connectivity index (χ0) is 13.4. The summed E-state index contributed by atoms with van der Waals surface area (Å²) in [5.41, 5.74) is 8.99. The molecule has 94 valence electrons. The van der Waals surface area contributed by atoms with Gasteiger partial charge in [0.15, 0.2) is 0 Å². The Hall–Kier alpha value is -0.600. The van der Waals surface area contributed by atoms with Gasteiger partial charge in [-0.2, -0.15) is 0 Å². The monoisotopic (exact) mass is 319 g/mol. The number of aryl methyl sites for hydroxylation is 1. The van der Waals surface area contributed by atoms with Crippen LogP contribution < -0.4 is 5.73 Å². The minimum absolute atomic E-state index is 0.289. The zero-order valence-electron chi connectivity index (χ0n) is 9.40. The Balaban J connectivity index is 2.71. The van der Waals surface area contributed by atoms with Gasteiger partial charge < -0.3 is 5.73 Å². The van der Waals surface area contributed by atoms with Crippen molar-refractivity contribution in [3.8, 4) is 11.1 Å². The molecule has 0 heterocycles. The van der Waals surface area contributed by atoms with Crippen molar-refractivity contribution >= 4 is 52.1 Å². The van der Waals surface area contributed by atoms with Crippen LogP contribution in [0.5, 0.6) is 0 Å². The normalized spacial score (nSPS) is 10.7. The van der Waals surface area contributed by atoms with Gasteiger partial charge in [0.1, 0.15) is 0 Å². The Bertz CT molecular complexity index is 623. The first-order chi connectivity index (χ1) is 8.41. The van der Waals surface area contributed by atoms with Crippen LogP contribution >= 0.6 is 46.4 Å². The summed E-state index contributed by atoms with van der Waals surface area (Å²) in [5, 5.41) is 1.39. The molecule has 0 saturated heterocycles. The maximum absolute atomic E-state index is 6.19. The molecule has 0 unspecified atom stereocenters. The molecule has 0 atom stereocenters. The molecule has 1 nitrogen and oxygen atoms in total. The number of hydrogen-bond donors (Lipinski definition) is 1. The third kappa shape index (κ3) is 2.41. The highest BCUT2D eigenvalue weighted by molar-refractivity contribution is 6.51. The Kier molecular flexibility index (Phi) is 3.98. The van der Waals surface area contributed by atoms with E-state index in [1.54, 1.807) is 6.07 Å². The standard InChI is InChI=1S/C13H9Cl4N/c1-6-2-3-7(4-10(6)18)11-8(14)5-9(15)12(16)13(11)17/h2-5H,18H2,1H3. The minimum atomic E-state index is 0.289. The summed E-state index contributed by atoms with van der Waals surface area (Å²) in [7, 11) is 0. The molecule has 0 aliphatic heterocycles. The SMILES string of the molecule is Cc1ccc(-c2c(Cl)cc(Cl)c(Cl)c2Cl)cc1N. The molecule has 2 rings (SSSR count). The number of nitrogen functional groups attached to an aromatic ring is 1. The summed E-state index contributed by atoms with van der Waals surface area (Å²) < 4.78 is 0. The number of halogens is 4. The quantitative estimate of drug-likeness (QED) is 0.397. The lowest BCUT2D eigenvalue weighted by atomic mass is 10.0. The fourth-order valence-corrected chi connectivity index (χ4v) is 2.76. The van der Waals surface area contributed by atoms with Crippen LogP contribution in [0.1, 0.15) is 5.56 Å². The average Bonchev–Trinajstić information content (AvgIpc) is 2.31. The minimum Gasteiger partial charge on any atom is -0.398 e. The largest absolute Gasteiger partial charge is 0.398 e. The lowest BCUT2D eigenvalue weighted by Crippen LogP contribution is -1.91. The van der Waals surface area contributed by atoms with Gasteiger partial charge in [-0.15, -0.1) is 0 Å². The van der Waals surface area contributed by atoms with Crippen molar-refractivity contribution in [2.24, 2.45) is 0 Å². The van der Waals surface area contributed by atoms with E-state index in [2.05, 4.69) is 0 Å². The summed E-state index contributed by atoms with van der Waals surface area (Å²) in [4.78, 5) is 0. The zero-order valence-corrected chi connectivity index (χ0v) is 12.4. The van der Waals surface area contributed by atoms with Crippen molar-refractivity contribution in [1.82, 2.24) is 0 Å². The molecular weight excluding hydrogens is 312 g/mol. The van der Waals surface area contributed by atoms with Gasteiger partial charge in [0.05, 0.1) is 20.1 Å². The third-order valence-corrected chi connectivity index (χ3v) is 4.24. The third-order valence-electron chi connectivity index (χ3n) is 2.68. The first kappa shape index (κ1) is 13.8. The highest BCUT2D eigenvalue weighted by Gasteiger charge is 2.15.